The van der Waals surface area contributed by atoms with Crippen LogP contribution < -0.4 is 16.0 Å². The molecule has 0 aromatic heterocycles. The fraction of sp³-hybridized carbons (Fsp3) is 0.556. The number of carbonyl (C=O) groups is 1. The van der Waals surface area contributed by atoms with Crippen LogP contribution in [0.25, 0.3) is 0 Å². The van der Waals surface area contributed by atoms with Crippen LogP contribution in [0.3, 0.4) is 0 Å². The summed E-state index contributed by atoms with van der Waals surface area (Å²) in [5.74, 6) is 0.763. The number of guanidine groups is 1. The van der Waals surface area contributed by atoms with E-state index in [0.717, 1.165) is 37.6 Å². The van der Waals surface area contributed by atoms with Gasteiger partial charge in [0.25, 0.3) is 5.91 Å². The van der Waals surface area contributed by atoms with Crippen molar-refractivity contribution < 1.29 is 4.79 Å². The molecule has 134 valence electrons. The highest BCUT2D eigenvalue weighted by Gasteiger charge is 2.06. The molecule has 6 nitrogen and oxygen atoms in total. The van der Waals surface area contributed by atoms with Crippen molar-refractivity contribution in [1.29, 1.82) is 0 Å². The van der Waals surface area contributed by atoms with E-state index in [-0.39, 0.29) is 5.91 Å². The number of nitrogens with zero attached hydrogens (tertiary/aromatic N) is 2. The molecule has 0 aliphatic heterocycles. The average molecular weight is 333 g/mol. The molecule has 0 heterocycles. The van der Waals surface area contributed by atoms with Crippen molar-refractivity contribution >= 4 is 11.9 Å². The summed E-state index contributed by atoms with van der Waals surface area (Å²) >= 11 is 0. The second-order valence-corrected chi connectivity index (χ2v) is 5.88. The van der Waals surface area contributed by atoms with E-state index in [2.05, 4.69) is 27.9 Å². The quantitative estimate of drug-likeness (QED) is 0.472. The second-order valence-electron chi connectivity index (χ2n) is 5.88. The molecular formula is C18H31N5O. The molecule has 6 heteroatoms. The first-order chi connectivity index (χ1) is 11.6. The number of benzene rings is 1. The molecule has 0 bridgehead atoms. The molecule has 1 rings (SSSR count). The molecule has 0 fully saturated rings. The molecule has 1 aromatic carbocycles. The van der Waals surface area contributed by atoms with Crippen LogP contribution in [-0.4, -0.2) is 57.0 Å². The van der Waals surface area contributed by atoms with Gasteiger partial charge in [-0.1, -0.05) is 19.1 Å². The van der Waals surface area contributed by atoms with E-state index in [9.17, 15) is 4.79 Å². The Balaban J connectivity index is 2.64. The number of nitrogens with one attached hydrogen (secondary N) is 3. The van der Waals surface area contributed by atoms with Gasteiger partial charge in [-0.05, 0) is 45.1 Å². The highest BCUT2D eigenvalue weighted by atomic mass is 16.1. The van der Waals surface area contributed by atoms with Crippen LogP contribution in [0.5, 0.6) is 0 Å². The Morgan fingerprint density at radius 2 is 1.92 bits per heavy atom. The first-order valence-electron chi connectivity index (χ1n) is 8.60. The predicted molar refractivity (Wildman–Crippen MR) is 100 cm³/mol. The molecule has 0 saturated carbocycles. The van der Waals surface area contributed by atoms with Crippen LogP contribution in [0.4, 0.5) is 0 Å². The number of rotatable bonds is 9. The van der Waals surface area contributed by atoms with Gasteiger partial charge in [-0.3, -0.25) is 4.79 Å². The Kier molecular flexibility index (Phi) is 9.53. The smallest absolute Gasteiger partial charge is 0.251 e. The zero-order valence-electron chi connectivity index (χ0n) is 15.4. The van der Waals surface area contributed by atoms with Crippen LogP contribution in [0.15, 0.2) is 29.3 Å². The summed E-state index contributed by atoms with van der Waals surface area (Å²) in [5, 5.41) is 9.42. The molecule has 0 radical (unpaired) electrons. The normalized spacial score (nSPS) is 11.5. The van der Waals surface area contributed by atoms with E-state index < -0.39 is 0 Å². The Labute approximate surface area is 145 Å². The number of likely N-dealkylation sites (N-methyl/N-ethyl adjacent to an activating group) is 1. The number of hydrogen-bond acceptors (Lipinski definition) is 3. The Morgan fingerprint density at radius 3 is 2.58 bits per heavy atom. The monoisotopic (exact) mass is 333 g/mol. The molecule has 0 spiro atoms. The molecule has 0 aliphatic carbocycles. The third kappa shape index (κ3) is 7.97. The number of aliphatic imine (C=N–C) groups is 1. The van der Waals surface area contributed by atoms with Gasteiger partial charge in [0.2, 0.25) is 0 Å². The van der Waals surface area contributed by atoms with Gasteiger partial charge in [0.05, 0.1) is 6.54 Å². The molecule has 0 saturated heterocycles. The molecule has 1 amide bonds. The maximum absolute atomic E-state index is 12.2. The van der Waals surface area contributed by atoms with E-state index >= 15 is 0 Å². The van der Waals surface area contributed by atoms with E-state index in [4.69, 9.17) is 0 Å². The molecule has 3 N–H and O–H groups in total. The first kappa shape index (κ1) is 20.0. The average Bonchev–Trinajstić information content (AvgIpc) is 2.57. The highest BCUT2D eigenvalue weighted by Crippen LogP contribution is 2.06. The standard InChI is InChI=1S/C18H31N5O/c1-5-10-21-18(19-6-2)22-14-15-8-7-9-16(13-15)17(24)20-11-12-23(3)4/h7-9,13H,5-6,10-12,14H2,1-4H3,(H,20,24)(H2,19,21,22). The van der Waals surface area contributed by atoms with Crippen molar-refractivity contribution in [3.05, 3.63) is 35.4 Å². The fourth-order valence-electron chi connectivity index (χ4n) is 2.06. The summed E-state index contributed by atoms with van der Waals surface area (Å²) in [6.45, 7) is 7.88. The molecule has 0 atom stereocenters. The van der Waals surface area contributed by atoms with E-state index in [0.29, 0.717) is 18.7 Å². The second kappa shape index (κ2) is 11.5. The highest BCUT2D eigenvalue weighted by molar-refractivity contribution is 5.94. The fourth-order valence-corrected chi connectivity index (χ4v) is 2.06. The first-order valence-corrected chi connectivity index (χ1v) is 8.60. The van der Waals surface area contributed by atoms with Crippen LogP contribution in [0, 0.1) is 0 Å². The Bertz CT molecular complexity index is 528. The summed E-state index contributed by atoms with van der Waals surface area (Å²) in [4.78, 5) is 18.8. The van der Waals surface area contributed by atoms with Gasteiger partial charge in [0.15, 0.2) is 5.96 Å². The van der Waals surface area contributed by atoms with Crippen LogP contribution in [-0.2, 0) is 6.54 Å². The molecule has 1 aromatic rings. The third-order valence-corrected chi connectivity index (χ3v) is 3.34. The van der Waals surface area contributed by atoms with Crippen molar-refractivity contribution in [1.82, 2.24) is 20.9 Å². The van der Waals surface area contributed by atoms with Crippen molar-refractivity contribution in [3.8, 4) is 0 Å². The van der Waals surface area contributed by atoms with Gasteiger partial charge in [-0.15, -0.1) is 0 Å². The van der Waals surface area contributed by atoms with Gasteiger partial charge >= 0.3 is 0 Å². The minimum absolute atomic E-state index is 0.0429. The number of carbonyl (C=O) groups excluding carboxylic acids is 1. The summed E-state index contributed by atoms with van der Waals surface area (Å²) in [7, 11) is 3.97. The zero-order chi connectivity index (χ0) is 17.8. The van der Waals surface area contributed by atoms with E-state index in [1.807, 2.05) is 50.2 Å². The third-order valence-electron chi connectivity index (χ3n) is 3.34. The van der Waals surface area contributed by atoms with Gasteiger partial charge < -0.3 is 20.9 Å². The summed E-state index contributed by atoms with van der Waals surface area (Å²) in [6.07, 6.45) is 1.05. The van der Waals surface area contributed by atoms with Crippen LogP contribution in [0.1, 0.15) is 36.2 Å². The molecular weight excluding hydrogens is 302 g/mol. The Morgan fingerprint density at radius 1 is 1.12 bits per heavy atom. The lowest BCUT2D eigenvalue weighted by Gasteiger charge is -2.11. The largest absolute Gasteiger partial charge is 0.357 e. The van der Waals surface area contributed by atoms with Gasteiger partial charge in [0.1, 0.15) is 0 Å². The van der Waals surface area contributed by atoms with Crippen molar-refractivity contribution in [2.75, 3.05) is 40.3 Å². The molecule has 0 unspecified atom stereocenters. The Hall–Kier alpha value is -2.08. The predicted octanol–water partition coefficient (Wildman–Crippen LogP) is 1.44. The van der Waals surface area contributed by atoms with Gasteiger partial charge in [0, 0.05) is 31.7 Å². The summed E-state index contributed by atoms with van der Waals surface area (Å²) < 4.78 is 0. The van der Waals surface area contributed by atoms with Gasteiger partial charge in [-0.25, -0.2) is 4.99 Å². The topological polar surface area (TPSA) is 68.8 Å². The summed E-state index contributed by atoms with van der Waals surface area (Å²) in [6, 6.07) is 7.62. The lowest BCUT2D eigenvalue weighted by Crippen LogP contribution is -2.37. The maximum atomic E-state index is 12.2. The van der Waals surface area contributed by atoms with E-state index in [1.165, 1.54) is 0 Å². The van der Waals surface area contributed by atoms with Crippen LogP contribution in [0.2, 0.25) is 0 Å². The maximum Gasteiger partial charge on any atom is 0.251 e. The minimum atomic E-state index is -0.0429. The van der Waals surface area contributed by atoms with Gasteiger partial charge in [-0.2, -0.15) is 0 Å². The van der Waals surface area contributed by atoms with Crippen molar-refractivity contribution in [3.63, 3.8) is 0 Å². The van der Waals surface area contributed by atoms with E-state index in [1.54, 1.807) is 0 Å². The zero-order valence-corrected chi connectivity index (χ0v) is 15.4. The number of amides is 1. The SMILES string of the molecule is CCCNC(=NCc1cccc(C(=O)NCCN(C)C)c1)NCC. The number of hydrogen-bond donors (Lipinski definition) is 3. The van der Waals surface area contributed by atoms with Crippen LogP contribution >= 0.6 is 0 Å². The lowest BCUT2D eigenvalue weighted by molar-refractivity contribution is 0.0951. The minimum Gasteiger partial charge on any atom is -0.357 e. The molecule has 0 aliphatic rings. The van der Waals surface area contributed by atoms with Crippen molar-refractivity contribution in [2.24, 2.45) is 4.99 Å². The molecule has 24 heavy (non-hydrogen) atoms. The summed E-state index contributed by atoms with van der Waals surface area (Å²) in [5.41, 5.74) is 1.69. The lowest BCUT2D eigenvalue weighted by atomic mass is 10.1. The van der Waals surface area contributed by atoms with Crippen molar-refractivity contribution in [2.45, 2.75) is 26.8 Å².